The van der Waals surface area contributed by atoms with Crippen LogP contribution in [0.5, 0.6) is 0 Å². The Morgan fingerprint density at radius 3 is 2.50 bits per heavy atom. The van der Waals surface area contributed by atoms with Crippen LogP contribution in [0.4, 0.5) is 5.69 Å². The van der Waals surface area contributed by atoms with E-state index in [9.17, 15) is 0 Å². The van der Waals surface area contributed by atoms with Crippen molar-refractivity contribution in [3.8, 4) is 0 Å². The zero-order valence-electron chi connectivity index (χ0n) is 8.58. The van der Waals surface area contributed by atoms with Gasteiger partial charge in [-0.05, 0) is 23.8 Å². The molecule has 0 heterocycles. The summed E-state index contributed by atoms with van der Waals surface area (Å²) in [7, 11) is 0. The van der Waals surface area contributed by atoms with Gasteiger partial charge >= 0.3 is 0 Å². The van der Waals surface area contributed by atoms with Gasteiger partial charge in [-0.1, -0.05) is 57.9 Å². The molecule has 0 saturated heterocycles. The molecule has 0 saturated carbocycles. The van der Waals surface area contributed by atoms with Crippen molar-refractivity contribution in [3.63, 3.8) is 0 Å². The van der Waals surface area contributed by atoms with E-state index < -0.39 is 0 Å². The maximum absolute atomic E-state index is 6.10. The van der Waals surface area contributed by atoms with Crippen LogP contribution in [-0.4, -0.2) is 0 Å². The van der Waals surface area contributed by atoms with Crippen molar-refractivity contribution in [1.29, 1.82) is 0 Å². The molecule has 0 amide bonds. The van der Waals surface area contributed by atoms with Crippen LogP contribution in [0.1, 0.15) is 5.56 Å². The van der Waals surface area contributed by atoms with Gasteiger partial charge in [-0.3, -0.25) is 0 Å². The number of halogens is 2. The van der Waals surface area contributed by atoms with E-state index in [1.54, 1.807) is 0 Å². The maximum Gasteiger partial charge on any atom is 0.0648 e. The van der Waals surface area contributed by atoms with Crippen molar-refractivity contribution in [1.82, 2.24) is 0 Å². The first-order valence-corrected chi connectivity index (χ1v) is 6.15. The van der Waals surface area contributed by atoms with E-state index in [1.807, 2.05) is 36.4 Å². The summed E-state index contributed by atoms with van der Waals surface area (Å²) >= 11 is 9.48. The lowest BCUT2D eigenvalue weighted by atomic mass is 10.2. The van der Waals surface area contributed by atoms with Crippen LogP contribution in [0.25, 0.3) is 0 Å². The fourth-order valence-corrected chi connectivity index (χ4v) is 2.17. The van der Waals surface area contributed by atoms with E-state index in [0.717, 1.165) is 21.7 Å². The van der Waals surface area contributed by atoms with Gasteiger partial charge in [0.2, 0.25) is 0 Å². The quantitative estimate of drug-likeness (QED) is 0.864. The standard InChI is InChI=1S/C13H11BrClN/c14-11-6-7-13(12(15)8-11)16-9-10-4-2-1-3-5-10/h1-8,16H,9H2. The average Bonchev–Trinajstić information content (AvgIpc) is 2.29. The number of nitrogens with one attached hydrogen (secondary N) is 1. The van der Waals surface area contributed by atoms with E-state index in [1.165, 1.54) is 5.56 Å². The molecule has 0 aliphatic carbocycles. The Bertz CT molecular complexity index is 471. The Morgan fingerprint density at radius 1 is 1.06 bits per heavy atom. The van der Waals surface area contributed by atoms with Gasteiger partial charge in [-0.2, -0.15) is 0 Å². The molecule has 0 fully saturated rings. The highest BCUT2D eigenvalue weighted by Crippen LogP contribution is 2.25. The smallest absolute Gasteiger partial charge is 0.0648 e. The van der Waals surface area contributed by atoms with Gasteiger partial charge in [0.05, 0.1) is 10.7 Å². The van der Waals surface area contributed by atoms with Gasteiger partial charge < -0.3 is 5.32 Å². The van der Waals surface area contributed by atoms with Crippen molar-refractivity contribution in [2.24, 2.45) is 0 Å². The molecule has 0 radical (unpaired) electrons. The van der Waals surface area contributed by atoms with Crippen LogP contribution >= 0.6 is 27.5 Å². The fourth-order valence-electron chi connectivity index (χ4n) is 1.43. The Labute approximate surface area is 109 Å². The molecular weight excluding hydrogens is 286 g/mol. The predicted octanol–water partition coefficient (Wildman–Crippen LogP) is 4.71. The van der Waals surface area contributed by atoms with Gasteiger partial charge in [-0.25, -0.2) is 0 Å². The fraction of sp³-hybridized carbons (Fsp3) is 0.0769. The Kier molecular flexibility index (Phi) is 3.86. The highest BCUT2D eigenvalue weighted by atomic mass is 79.9. The molecule has 0 aliphatic heterocycles. The topological polar surface area (TPSA) is 12.0 Å². The third-order valence-corrected chi connectivity index (χ3v) is 3.06. The largest absolute Gasteiger partial charge is 0.380 e. The van der Waals surface area contributed by atoms with Gasteiger partial charge in [-0.15, -0.1) is 0 Å². The summed E-state index contributed by atoms with van der Waals surface area (Å²) in [5.41, 5.74) is 2.19. The number of hydrogen-bond donors (Lipinski definition) is 1. The van der Waals surface area contributed by atoms with Crippen molar-refractivity contribution in [3.05, 3.63) is 63.6 Å². The zero-order chi connectivity index (χ0) is 11.4. The van der Waals surface area contributed by atoms with E-state index >= 15 is 0 Å². The number of benzene rings is 2. The highest BCUT2D eigenvalue weighted by Gasteiger charge is 2.00. The summed E-state index contributed by atoms with van der Waals surface area (Å²) in [6, 6.07) is 16.1. The molecule has 0 atom stereocenters. The first kappa shape index (κ1) is 11.5. The highest BCUT2D eigenvalue weighted by molar-refractivity contribution is 9.10. The molecule has 2 rings (SSSR count). The molecule has 3 heteroatoms. The van der Waals surface area contributed by atoms with Crippen LogP contribution in [0.2, 0.25) is 5.02 Å². The van der Waals surface area contributed by atoms with Crippen molar-refractivity contribution < 1.29 is 0 Å². The van der Waals surface area contributed by atoms with Crippen LogP contribution < -0.4 is 5.32 Å². The molecular formula is C13H11BrClN. The normalized spacial score (nSPS) is 10.1. The zero-order valence-corrected chi connectivity index (χ0v) is 10.9. The minimum Gasteiger partial charge on any atom is -0.380 e. The van der Waals surface area contributed by atoms with Crippen LogP contribution in [0, 0.1) is 0 Å². The van der Waals surface area contributed by atoms with E-state index in [4.69, 9.17) is 11.6 Å². The summed E-state index contributed by atoms with van der Waals surface area (Å²) in [5, 5.41) is 4.03. The lowest BCUT2D eigenvalue weighted by Gasteiger charge is -2.08. The minimum absolute atomic E-state index is 0.727. The van der Waals surface area contributed by atoms with Crippen LogP contribution in [0.15, 0.2) is 53.0 Å². The third kappa shape index (κ3) is 3.00. The molecule has 0 unspecified atom stereocenters. The number of rotatable bonds is 3. The monoisotopic (exact) mass is 295 g/mol. The van der Waals surface area contributed by atoms with E-state index in [2.05, 4.69) is 33.4 Å². The summed E-state index contributed by atoms with van der Waals surface area (Å²) < 4.78 is 0.989. The summed E-state index contributed by atoms with van der Waals surface area (Å²) in [6.45, 7) is 0.780. The molecule has 0 spiro atoms. The van der Waals surface area contributed by atoms with Crippen molar-refractivity contribution in [2.45, 2.75) is 6.54 Å². The molecule has 1 nitrogen and oxygen atoms in total. The second-order valence-corrected chi connectivity index (χ2v) is 4.79. The number of hydrogen-bond acceptors (Lipinski definition) is 1. The summed E-state index contributed by atoms with van der Waals surface area (Å²) in [5.74, 6) is 0. The molecule has 1 N–H and O–H groups in total. The molecule has 2 aromatic carbocycles. The average molecular weight is 297 g/mol. The van der Waals surface area contributed by atoms with Gasteiger partial charge in [0.25, 0.3) is 0 Å². The van der Waals surface area contributed by atoms with Crippen LogP contribution in [0.3, 0.4) is 0 Å². The van der Waals surface area contributed by atoms with Gasteiger partial charge in [0.1, 0.15) is 0 Å². The first-order valence-electron chi connectivity index (χ1n) is 4.98. The first-order chi connectivity index (χ1) is 7.75. The van der Waals surface area contributed by atoms with Gasteiger partial charge in [0, 0.05) is 11.0 Å². The van der Waals surface area contributed by atoms with Gasteiger partial charge in [0.15, 0.2) is 0 Å². The summed E-state index contributed by atoms with van der Waals surface area (Å²) in [6.07, 6.45) is 0. The minimum atomic E-state index is 0.727. The molecule has 2 aromatic rings. The second-order valence-electron chi connectivity index (χ2n) is 3.46. The number of anilines is 1. The maximum atomic E-state index is 6.10. The molecule has 0 bridgehead atoms. The lowest BCUT2D eigenvalue weighted by molar-refractivity contribution is 1.15. The molecule has 0 aromatic heterocycles. The molecule has 0 aliphatic rings. The molecule has 82 valence electrons. The Morgan fingerprint density at radius 2 is 1.81 bits per heavy atom. The van der Waals surface area contributed by atoms with Crippen LogP contribution in [-0.2, 0) is 6.54 Å². The van der Waals surface area contributed by atoms with E-state index in [-0.39, 0.29) is 0 Å². The van der Waals surface area contributed by atoms with E-state index in [0.29, 0.717) is 0 Å². The van der Waals surface area contributed by atoms with Crippen molar-refractivity contribution in [2.75, 3.05) is 5.32 Å². The Balaban J connectivity index is 2.05. The lowest BCUT2D eigenvalue weighted by Crippen LogP contribution is -1.99. The SMILES string of the molecule is Clc1cc(Br)ccc1NCc1ccccc1. The second kappa shape index (κ2) is 5.37. The third-order valence-electron chi connectivity index (χ3n) is 2.26. The van der Waals surface area contributed by atoms with Crippen molar-refractivity contribution >= 4 is 33.2 Å². The summed E-state index contributed by atoms with van der Waals surface area (Å²) in [4.78, 5) is 0. The predicted molar refractivity (Wildman–Crippen MR) is 72.9 cm³/mol. The Hall–Kier alpha value is -0.990. The molecule has 16 heavy (non-hydrogen) atoms.